The molecule has 0 bridgehead atoms. The molecule has 1 rings (SSSR count). The summed E-state index contributed by atoms with van der Waals surface area (Å²) in [5, 5.41) is 11.6. The Hall–Kier alpha value is -1.79. The predicted molar refractivity (Wildman–Crippen MR) is 87.1 cm³/mol. The number of anilines is 1. The number of aryl methyl sites for hydroxylation is 1. The number of aliphatic hydroxyl groups is 1. The summed E-state index contributed by atoms with van der Waals surface area (Å²) in [6.07, 6.45) is 6.32. The minimum atomic E-state index is -0.143. The molecule has 3 nitrogen and oxygen atoms in total. The molecule has 0 saturated carbocycles. The highest BCUT2D eigenvalue weighted by molar-refractivity contribution is 5.90. The molecular weight excluding hydrogens is 262 g/mol. The zero-order chi connectivity index (χ0) is 15.5. The van der Waals surface area contributed by atoms with Gasteiger partial charge in [0.1, 0.15) is 6.61 Å². The lowest BCUT2D eigenvalue weighted by molar-refractivity contribution is -0.116. The summed E-state index contributed by atoms with van der Waals surface area (Å²) in [5.41, 5.74) is 2.68. The van der Waals surface area contributed by atoms with Gasteiger partial charge in [0, 0.05) is 17.7 Å². The van der Waals surface area contributed by atoms with Gasteiger partial charge in [-0.25, -0.2) is 0 Å². The molecule has 114 valence electrons. The van der Waals surface area contributed by atoms with Crippen molar-refractivity contribution in [1.82, 2.24) is 0 Å². The van der Waals surface area contributed by atoms with E-state index in [1.807, 2.05) is 25.1 Å². The van der Waals surface area contributed by atoms with Crippen molar-refractivity contribution < 1.29 is 9.90 Å². The van der Waals surface area contributed by atoms with E-state index in [0.717, 1.165) is 29.7 Å². The predicted octanol–water partition coefficient (Wildman–Crippen LogP) is 3.64. The van der Waals surface area contributed by atoms with Crippen LogP contribution in [-0.2, 0) is 4.79 Å². The van der Waals surface area contributed by atoms with Crippen LogP contribution >= 0.6 is 0 Å². The van der Waals surface area contributed by atoms with Crippen LogP contribution in [0.4, 0.5) is 5.69 Å². The molecule has 21 heavy (non-hydrogen) atoms. The first-order valence-corrected chi connectivity index (χ1v) is 7.67. The smallest absolute Gasteiger partial charge is 0.224 e. The molecule has 0 heterocycles. The molecule has 0 spiro atoms. The maximum atomic E-state index is 11.8. The Bertz CT molecular complexity index is 512. The summed E-state index contributed by atoms with van der Waals surface area (Å²) >= 11 is 0. The monoisotopic (exact) mass is 287 g/mol. The van der Waals surface area contributed by atoms with Gasteiger partial charge in [0.2, 0.25) is 5.91 Å². The van der Waals surface area contributed by atoms with Gasteiger partial charge in [-0.3, -0.25) is 4.79 Å². The number of amides is 1. The Morgan fingerprint density at radius 1 is 1.24 bits per heavy atom. The average Bonchev–Trinajstić information content (AvgIpc) is 2.46. The van der Waals surface area contributed by atoms with Crippen molar-refractivity contribution in [2.45, 2.75) is 52.4 Å². The van der Waals surface area contributed by atoms with Crippen LogP contribution in [0, 0.1) is 18.8 Å². The molecule has 2 N–H and O–H groups in total. The van der Waals surface area contributed by atoms with Crippen molar-refractivity contribution in [3.8, 4) is 11.8 Å². The quantitative estimate of drug-likeness (QED) is 0.594. The van der Waals surface area contributed by atoms with Gasteiger partial charge in [-0.15, -0.1) is 0 Å². The fourth-order valence-electron chi connectivity index (χ4n) is 2.13. The SMILES string of the molecule is CCCCCCCC(=O)Nc1ccc(C#CCO)c(C)c1. The van der Waals surface area contributed by atoms with Crippen molar-refractivity contribution in [3.63, 3.8) is 0 Å². The molecule has 0 unspecified atom stereocenters. The van der Waals surface area contributed by atoms with E-state index in [4.69, 9.17) is 5.11 Å². The molecule has 1 aromatic rings. The lowest BCUT2D eigenvalue weighted by Gasteiger charge is -2.07. The third kappa shape index (κ3) is 6.97. The second-order valence-electron chi connectivity index (χ2n) is 5.20. The molecule has 0 atom stereocenters. The molecule has 0 aromatic heterocycles. The molecule has 0 fully saturated rings. The van der Waals surface area contributed by atoms with E-state index >= 15 is 0 Å². The highest BCUT2D eigenvalue weighted by Gasteiger charge is 2.03. The lowest BCUT2D eigenvalue weighted by Crippen LogP contribution is -2.11. The van der Waals surface area contributed by atoms with Crippen molar-refractivity contribution in [2.24, 2.45) is 0 Å². The van der Waals surface area contributed by atoms with Gasteiger partial charge in [0.05, 0.1) is 0 Å². The Morgan fingerprint density at radius 3 is 2.67 bits per heavy atom. The van der Waals surface area contributed by atoms with Gasteiger partial charge < -0.3 is 10.4 Å². The van der Waals surface area contributed by atoms with Crippen molar-refractivity contribution in [1.29, 1.82) is 0 Å². The van der Waals surface area contributed by atoms with Gasteiger partial charge in [-0.05, 0) is 37.1 Å². The van der Waals surface area contributed by atoms with Crippen LogP contribution in [0.1, 0.15) is 56.6 Å². The third-order valence-electron chi connectivity index (χ3n) is 3.32. The third-order valence-corrected chi connectivity index (χ3v) is 3.32. The average molecular weight is 287 g/mol. The number of carbonyl (C=O) groups is 1. The van der Waals surface area contributed by atoms with Gasteiger partial charge in [-0.2, -0.15) is 0 Å². The lowest BCUT2D eigenvalue weighted by atomic mass is 10.1. The fraction of sp³-hybridized carbons (Fsp3) is 0.500. The molecule has 0 aliphatic rings. The van der Waals surface area contributed by atoms with Crippen molar-refractivity contribution in [2.75, 3.05) is 11.9 Å². The van der Waals surface area contributed by atoms with E-state index in [-0.39, 0.29) is 12.5 Å². The number of carbonyl (C=O) groups excluding carboxylic acids is 1. The summed E-state index contributed by atoms with van der Waals surface area (Å²) in [7, 11) is 0. The van der Waals surface area contributed by atoms with E-state index in [9.17, 15) is 4.79 Å². The van der Waals surface area contributed by atoms with Crippen molar-refractivity contribution in [3.05, 3.63) is 29.3 Å². The molecule has 0 radical (unpaired) electrons. The first-order valence-electron chi connectivity index (χ1n) is 7.67. The highest BCUT2D eigenvalue weighted by Crippen LogP contribution is 2.15. The van der Waals surface area contributed by atoms with Gasteiger partial charge in [-0.1, -0.05) is 44.4 Å². The van der Waals surface area contributed by atoms with Crippen LogP contribution < -0.4 is 5.32 Å². The van der Waals surface area contributed by atoms with E-state index in [0.29, 0.717) is 6.42 Å². The Balaban J connectivity index is 2.44. The van der Waals surface area contributed by atoms with E-state index in [1.165, 1.54) is 19.3 Å². The summed E-state index contributed by atoms with van der Waals surface area (Å²) < 4.78 is 0. The minimum Gasteiger partial charge on any atom is -0.384 e. The van der Waals surface area contributed by atoms with E-state index in [1.54, 1.807) is 0 Å². The zero-order valence-electron chi connectivity index (χ0n) is 13.0. The maximum absolute atomic E-state index is 11.8. The van der Waals surface area contributed by atoms with Crippen molar-refractivity contribution >= 4 is 11.6 Å². The fourth-order valence-corrected chi connectivity index (χ4v) is 2.13. The number of aliphatic hydroxyl groups excluding tert-OH is 1. The van der Waals surface area contributed by atoms with Crippen LogP contribution in [-0.4, -0.2) is 17.6 Å². The highest BCUT2D eigenvalue weighted by atomic mass is 16.2. The van der Waals surface area contributed by atoms with Crippen LogP contribution in [0.5, 0.6) is 0 Å². The largest absolute Gasteiger partial charge is 0.384 e. The number of hydrogen-bond acceptors (Lipinski definition) is 2. The second-order valence-corrected chi connectivity index (χ2v) is 5.20. The van der Waals surface area contributed by atoms with Crippen LogP contribution in [0.2, 0.25) is 0 Å². The molecular formula is C18H25NO2. The number of nitrogens with one attached hydrogen (secondary N) is 1. The summed E-state index contributed by atoms with van der Waals surface area (Å²) in [6, 6.07) is 5.63. The summed E-state index contributed by atoms with van der Waals surface area (Å²) in [5.74, 6) is 5.58. The van der Waals surface area contributed by atoms with E-state index in [2.05, 4.69) is 24.1 Å². The van der Waals surface area contributed by atoms with Crippen LogP contribution in [0.25, 0.3) is 0 Å². The first-order chi connectivity index (χ1) is 10.2. The summed E-state index contributed by atoms with van der Waals surface area (Å²) in [4.78, 5) is 11.8. The zero-order valence-corrected chi connectivity index (χ0v) is 13.0. The maximum Gasteiger partial charge on any atom is 0.224 e. The Morgan fingerprint density at radius 2 is 2.00 bits per heavy atom. The molecule has 3 heteroatoms. The van der Waals surface area contributed by atoms with Crippen LogP contribution in [0.15, 0.2) is 18.2 Å². The number of hydrogen-bond donors (Lipinski definition) is 2. The minimum absolute atomic E-state index is 0.0695. The molecule has 0 saturated heterocycles. The topological polar surface area (TPSA) is 49.3 Å². The Labute approximate surface area is 127 Å². The standard InChI is InChI=1S/C18H25NO2/c1-3-4-5-6-7-10-18(21)19-17-12-11-16(9-8-13-20)15(2)14-17/h11-12,14,20H,3-7,10,13H2,1-2H3,(H,19,21). The number of benzene rings is 1. The number of rotatable bonds is 7. The Kier molecular flexibility index (Phi) is 8.23. The first kappa shape index (κ1) is 17.3. The van der Waals surface area contributed by atoms with E-state index < -0.39 is 0 Å². The molecule has 0 aliphatic heterocycles. The summed E-state index contributed by atoms with van der Waals surface area (Å²) in [6.45, 7) is 3.99. The van der Waals surface area contributed by atoms with Gasteiger partial charge in [0.25, 0.3) is 0 Å². The molecule has 1 amide bonds. The second kappa shape index (κ2) is 10.0. The normalized spacial score (nSPS) is 9.86. The van der Waals surface area contributed by atoms with Crippen LogP contribution in [0.3, 0.4) is 0 Å². The van der Waals surface area contributed by atoms with Gasteiger partial charge >= 0.3 is 0 Å². The molecule has 0 aliphatic carbocycles. The number of unbranched alkanes of at least 4 members (excludes halogenated alkanes) is 4. The molecule has 1 aromatic carbocycles. The van der Waals surface area contributed by atoms with Gasteiger partial charge in [0.15, 0.2) is 0 Å².